The number of hydrogen-bond acceptors (Lipinski definition) is 4. The minimum absolute atomic E-state index is 0.243. The normalized spacial score (nSPS) is 17.9. The van der Waals surface area contributed by atoms with E-state index in [4.69, 9.17) is 0 Å². The number of aryl methyl sites for hydroxylation is 1. The van der Waals surface area contributed by atoms with Gasteiger partial charge in [-0.15, -0.1) is 0 Å². The summed E-state index contributed by atoms with van der Waals surface area (Å²) in [4.78, 5) is 26.0. The Kier molecular flexibility index (Phi) is 4.22. The van der Waals surface area contributed by atoms with Crippen molar-refractivity contribution >= 4 is 50.2 Å². The maximum Gasteiger partial charge on any atom is 0.295 e. The Morgan fingerprint density at radius 1 is 1.09 bits per heavy atom. The van der Waals surface area contributed by atoms with Gasteiger partial charge in [0.25, 0.3) is 11.1 Å². The fourth-order valence-corrected chi connectivity index (χ4v) is 3.39. The van der Waals surface area contributed by atoms with Crippen LogP contribution in [0.5, 0.6) is 0 Å². The van der Waals surface area contributed by atoms with E-state index in [1.807, 2.05) is 49.4 Å². The molecule has 0 spiro atoms. The van der Waals surface area contributed by atoms with E-state index in [1.165, 1.54) is 4.90 Å². The van der Waals surface area contributed by atoms with Gasteiger partial charge in [-0.1, -0.05) is 34.1 Å². The second kappa shape index (κ2) is 6.14. The van der Waals surface area contributed by atoms with Gasteiger partial charge in [-0.05, 0) is 54.6 Å². The number of benzene rings is 2. The number of nitrogens with one attached hydrogen (secondary N) is 1. The van der Waals surface area contributed by atoms with Crippen molar-refractivity contribution in [1.82, 2.24) is 0 Å². The van der Waals surface area contributed by atoms with Gasteiger partial charge in [0, 0.05) is 10.2 Å². The number of hydrogen-bond donors (Lipinski definition) is 1. The van der Waals surface area contributed by atoms with Crippen LogP contribution < -0.4 is 10.2 Å². The van der Waals surface area contributed by atoms with Gasteiger partial charge in [0.1, 0.15) is 0 Å². The van der Waals surface area contributed by atoms with Crippen LogP contribution in [0.3, 0.4) is 0 Å². The molecule has 2 amide bonds. The second-order valence-corrected chi connectivity index (χ2v) is 6.85. The van der Waals surface area contributed by atoms with Crippen LogP contribution in [-0.4, -0.2) is 16.5 Å². The van der Waals surface area contributed by atoms with Crippen LogP contribution >= 0.6 is 27.7 Å². The van der Waals surface area contributed by atoms with Crippen molar-refractivity contribution in [2.24, 2.45) is 0 Å². The molecule has 0 aliphatic carbocycles. The summed E-state index contributed by atoms with van der Waals surface area (Å²) in [5.74, 6) is -0.243. The second-order valence-electron chi connectivity index (χ2n) is 4.88. The number of imide groups is 1. The molecular formula is C16H13BrN2O2S. The van der Waals surface area contributed by atoms with Crippen LogP contribution in [0.25, 0.3) is 0 Å². The first-order valence-corrected chi connectivity index (χ1v) is 8.36. The summed E-state index contributed by atoms with van der Waals surface area (Å²) in [5.41, 5.74) is 2.34. The van der Waals surface area contributed by atoms with Crippen molar-refractivity contribution in [2.75, 3.05) is 10.2 Å². The SMILES string of the molecule is Cc1ccccc1N1C(=O)S[C@@H](Nc2ccc(Br)cc2)C1=O. The van der Waals surface area contributed by atoms with E-state index < -0.39 is 5.37 Å². The quantitative estimate of drug-likeness (QED) is 0.862. The van der Waals surface area contributed by atoms with Crippen molar-refractivity contribution < 1.29 is 9.59 Å². The molecule has 1 aliphatic rings. The van der Waals surface area contributed by atoms with Crippen LogP contribution in [0.4, 0.5) is 16.2 Å². The van der Waals surface area contributed by atoms with Crippen LogP contribution in [0.2, 0.25) is 0 Å². The Bertz CT molecular complexity index is 733. The lowest BCUT2D eigenvalue weighted by Gasteiger charge is -2.16. The Morgan fingerprint density at radius 3 is 2.45 bits per heavy atom. The molecule has 2 aromatic carbocycles. The molecule has 6 heteroatoms. The first kappa shape index (κ1) is 15.1. The van der Waals surface area contributed by atoms with Crippen molar-refractivity contribution in [1.29, 1.82) is 0 Å². The third-order valence-electron chi connectivity index (χ3n) is 3.34. The molecule has 22 heavy (non-hydrogen) atoms. The predicted molar refractivity (Wildman–Crippen MR) is 93.2 cm³/mol. The molecule has 112 valence electrons. The van der Waals surface area contributed by atoms with E-state index in [0.29, 0.717) is 5.69 Å². The average Bonchev–Trinajstić information content (AvgIpc) is 2.77. The highest BCUT2D eigenvalue weighted by Crippen LogP contribution is 2.34. The van der Waals surface area contributed by atoms with Gasteiger partial charge in [0.05, 0.1) is 5.69 Å². The average molecular weight is 377 g/mol. The Labute approximate surface area is 141 Å². The topological polar surface area (TPSA) is 49.4 Å². The molecule has 1 heterocycles. The standard InChI is InChI=1S/C16H13BrN2O2S/c1-10-4-2-3-5-13(10)19-15(20)14(22-16(19)21)18-12-8-6-11(17)7-9-12/h2-9,14,18H,1H3/t14-/m1/s1. The largest absolute Gasteiger partial charge is 0.365 e. The van der Waals surface area contributed by atoms with Gasteiger partial charge < -0.3 is 5.32 Å². The molecule has 1 fully saturated rings. The lowest BCUT2D eigenvalue weighted by atomic mass is 10.2. The number of rotatable bonds is 3. The van der Waals surface area contributed by atoms with Gasteiger partial charge in [-0.2, -0.15) is 0 Å². The Hall–Kier alpha value is -1.79. The number of amides is 2. The number of halogens is 1. The fourth-order valence-electron chi connectivity index (χ4n) is 2.23. The smallest absolute Gasteiger partial charge is 0.295 e. The molecular weight excluding hydrogens is 364 g/mol. The highest BCUT2D eigenvalue weighted by Gasteiger charge is 2.41. The first-order valence-electron chi connectivity index (χ1n) is 6.68. The van der Waals surface area contributed by atoms with Gasteiger partial charge >= 0.3 is 0 Å². The maximum atomic E-state index is 12.6. The highest BCUT2D eigenvalue weighted by atomic mass is 79.9. The lowest BCUT2D eigenvalue weighted by Crippen LogP contribution is -2.34. The number of anilines is 2. The Morgan fingerprint density at radius 2 is 1.77 bits per heavy atom. The molecule has 0 saturated carbocycles. The summed E-state index contributed by atoms with van der Waals surface area (Å²) in [6, 6.07) is 14.9. The number of carbonyl (C=O) groups is 2. The zero-order valence-electron chi connectivity index (χ0n) is 11.7. The summed E-state index contributed by atoms with van der Waals surface area (Å²) < 4.78 is 0.959. The van der Waals surface area contributed by atoms with Crippen LogP contribution in [0, 0.1) is 6.92 Å². The zero-order chi connectivity index (χ0) is 15.7. The third kappa shape index (κ3) is 2.89. The van der Waals surface area contributed by atoms with E-state index in [9.17, 15) is 9.59 Å². The first-order chi connectivity index (χ1) is 10.6. The van der Waals surface area contributed by atoms with Gasteiger partial charge in [0.15, 0.2) is 5.37 Å². The molecule has 0 radical (unpaired) electrons. The molecule has 0 unspecified atom stereocenters. The maximum absolute atomic E-state index is 12.6. The minimum Gasteiger partial charge on any atom is -0.365 e. The third-order valence-corrected chi connectivity index (χ3v) is 4.81. The molecule has 1 atom stereocenters. The number of carbonyl (C=O) groups excluding carboxylic acids is 2. The molecule has 4 nitrogen and oxygen atoms in total. The van der Waals surface area contributed by atoms with E-state index in [1.54, 1.807) is 6.07 Å². The summed E-state index contributed by atoms with van der Waals surface area (Å²) in [6.07, 6.45) is 0. The molecule has 1 saturated heterocycles. The molecule has 1 aliphatic heterocycles. The number of thioether (sulfide) groups is 1. The van der Waals surface area contributed by atoms with E-state index in [0.717, 1.165) is 27.5 Å². The molecule has 2 aromatic rings. The molecule has 3 rings (SSSR count). The summed E-state index contributed by atoms with van der Waals surface area (Å²) in [5, 5.41) is 2.24. The van der Waals surface area contributed by atoms with Gasteiger partial charge in [0.2, 0.25) is 0 Å². The minimum atomic E-state index is -0.603. The number of para-hydroxylation sites is 1. The summed E-state index contributed by atoms with van der Waals surface area (Å²) in [6.45, 7) is 1.88. The van der Waals surface area contributed by atoms with Crippen molar-refractivity contribution in [2.45, 2.75) is 12.3 Å². The summed E-state index contributed by atoms with van der Waals surface area (Å²) in [7, 11) is 0. The van der Waals surface area contributed by atoms with E-state index in [2.05, 4.69) is 21.2 Å². The Balaban J connectivity index is 1.82. The van der Waals surface area contributed by atoms with Crippen molar-refractivity contribution in [3.8, 4) is 0 Å². The predicted octanol–water partition coefficient (Wildman–Crippen LogP) is 4.40. The lowest BCUT2D eigenvalue weighted by molar-refractivity contribution is -0.116. The highest BCUT2D eigenvalue weighted by molar-refractivity contribution is 9.10. The monoisotopic (exact) mass is 376 g/mol. The molecule has 1 N–H and O–H groups in total. The van der Waals surface area contributed by atoms with Crippen LogP contribution in [0.1, 0.15) is 5.56 Å². The van der Waals surface area contributed by atoms with E-state index >= 15 is 0 Å². The summed E-state index contributed by atoms with van der Waals surface area (Å²) >= 11 is 4.36. The van der Waals surface area contributed by atoms with Gasteiger partial charge in [-0.25, -0.2) is 4.90 Å². The van der Waals surface area contributed by atoms with Crippen LogP contribution in [0.15, 0.2) is 53.0 Å². The molecule has 0 aromatic heterocycles. The van der Waals surface area contributed by atoms with Crippen molar-refractivity contribution in [3.05, 3.63) is 58.6 Å². The van der Waals surface area contributed by atoms with Crippen LogP contribution in [-0.2, 0) is 4.79 Å². The molecule has 0 bridgehead atoms. The number of nitrogens with zero attached hydrogens (tertiary/aromatic N) is 1. The zero-order valence-corrected chi connectivity index (χ0v) is 14.1. The van der Waals surface area contributed by atoms with E-state index in [-0.39, 0.29) is 11.1 Å². The van der Waals surface area contributed by atoms with Gasteiger partial charge in [-0.3, -0.25) is 9.59 Å². The van der Waals surface area contributed by atoms with Crippen molar-refractivity contribution in [3.63, 3.8) is 0 Å². The fraction of sp³-hybridized carbons (Fsp3) is 0.125.